The Kier molecular flexibility index (Phi) is 10.0. The van der Waals surface area contributed by atoms with Gasteiger partial charge in [0.15, 0.2) is 0 Å². The summed E-state index contributed by atoms with van der Waals surface area (Å²) in [5.41, 5.74) is 18.6. The molecule has 7 aromatic rings. The van der Waals surface area contributed by atoms with Crippen LogP contribution in [0.1, 0.15) is 75.1 Å². The van der Waals surface area contributed by atoms with Crippen molar-refractivity contribution in [2.45, 2.75) is 80.1 Å². The summed E-state index contributed by atoms with van der Waals surface area (Å²) < 4.78 is 0. The molecule has 4 aromatic carbocycles. The molecule has 3 heterocycles. The third-order valence-corrected chi connectivity index (χ3v) is 10.6. The molecule has 0 spiro atoms. The van der Waals surface area contributed by atoms with Crippen molar-refractivity contribution in [2.24, 2.45) is 0 Å². The lowest BCUT2D eigenvalue weighted by Crippen LogP contribution is -2.18. The first kappa shape index (κ1) is 37.4. The molecule has 0 aliphatic rings. The van der Waals surface area contributed by atoms with E-state index in [1.54, 1.807) is 0 Å². The topological polar surface area (TPSA) is 41.9 Å². The molecule has 7 rings (SSSR count). The lowest BCUT2D eigenvalue weighted by molar-refractivity contribution is 0.590. The molecule has 0 atom stereocenters. The molecule has 0 radical (unpaired) electrons. The van der Waals surface area contributed by atoms with Gasteiger partial charge in [0, 0.05) is 41.1 Å². The van der Waals surface area contributed by atoms with E-state index in [1.165, 1.54) is 33.4 Å². The van der Waals surface area contributed by atoms with Crippen molar-refractivity contribution in [1.82, 2.24) is 15.0 Å². The van der Waals surface area contributed by atoms with Gasteiger partial charge in [-0.3, -0.25) is 15.0 Å². The maximum absolute atomic E-state index is 5.04. The molecule has 0 unspecified atom stereocenters. The van der Waals surface area contributed by atoms with Gasteiger partial charge in [-0.25, -0.2) is 0 Å². The highest BCUT2D eigenvalue weighted by Gasteiger charge is 2.25. The van der Waals surface area contributed by atoms with Gasteiger partial charge in [-0.1, -0.05) is 102 Å². The van der Waals surface area contributed by atoms with Gasteiger partial charge in [-0.05, 0) is 143 Å². The molecule has 276 valence electrons. The molecule has 0 amide bonds. The predicted octanol–water partition coefficient (Wildman–Crippen LogP) is 13.8. The van der Waals surface area contributed by atoms with Crippen LogP contribution in [0, 0.1) is 27.7 Å². The van der Waals surface area contributed by atoms with Crippen LogP contribution in [0.2, 0.25) is 0 Å². The van der Waals surface area contributed by atoms with Crippen molar-refractivity contribution in [3.63, 3.8) is 0 Å². The summed E-state index contributed by atoms with van der Waals surface area (Å²) in [4.78, 5) is 17.3. The minimum atomic E-state index is -0.125. The van der Waals surface area contributed by atoms with Gasteiger partial charge < -0.3 is 4.90 Å². The van der Waals surface area contributed by atoms with Crippen molar-refractivity contribution in [2.75, 3.05) is 4.90 Å². The molecule has 4 heteroatoms. The van der Waals surface area contributed by atoms with Gasteiger partial charge >= 0.3 is 0 Å². The molecule has 0 N–H and O–H groups in total. The average Bonchev–Trinajstić information content (AvgIpc) is 3.16. The van der Waals surface area contributed by atoms with E-state index >= 15 is 0 Å². The summed E-state index contributed by atoms with van der Waals surface area (Å²) in [6.45, 7) is 22.3. The molecule has 3 aromatic heterocycles. The smallest absolute Gasteiger partial charge is 0.0709 e. The molecule has 0 aliphatic carbocycles. The average molecular weight is 721 g/mol. The Bertz CT molecular complexity index is 2310. The largest absolute Gasteiger partial charge is 0.308 e. The highest BCUT2D eigenvalue weighted by atomic mass is 15.2. The maximum Gasteiger partial charge on any atom is 0.0709 e. The second kappa shape index (κ2) is 14.8. The number of nitrogens with zero attached hydrogens (tertiary/aromatic N) is 4. The van der Waals surface area contributed by atoms with Crippen LogP contribution in [0.5, 0.6) is 0 Å². The number of benzene rings is 4. The predicted molar refractivity (Wildman–Crippen MR) is 233 cm³/mol. The van der Waals surface area contributed by atoms with E-state index in [0.717, 1.165) is 62.0 Å². The normalized spacial score (nSPS) is 11.8. The molecule has 0 aliphatic heterocycles. The lowest BCUT2D eigenvalue weighted by atomic mass is 9.84. The maximum atomic E-state index is 5.04. The number of hydrogen-bond donors (Lipinski definition) is 0. The Balaban J connectivity index is 1.50. The molecule has 0 fully saturated rings. The number of rotatable bonds is 7. The third-order valence-electron chi connectivity index (χ3n) is 10.6. The summed E-state index contributed by atoms with van der Waals surface area (Å²) in [7, 11) is 0. The fourth-order valence-corrected chi connectivity index (χ4v) is 7.29. The monoisotopic (exact) mass is 720 g/mol. The Morgan fingerprint density at radius 2 is 0.873 bits per heavy atom. The van der Waals surface area contributed by atoms with Crippen molar-refractivity contribution in [3.05, 3.63) is 167 Å². The standard InChI is InChI=1S/C51H52N4/c1-33-21-22-52-36(4)49(33)55(43-25-39(23-41(27-43)50(5,6)7)47-29-45(34(2)31-53-47)37-17-13-11-14-18-37)44-26-40(24-42(28-44)51(8,9)10)48-30-46(35(3)32-54-48)38-19-15-12-16-20-38/h11-32H,1-10H3. The zero-order chi connectivity index (χ0) is 39.1. The second-order valence-electron chi connectivity index (χ2n) is 16.9. The van der Waals surface area contributed by atoms with E-state index in [-0.39, 0.29) is 10.8 Å². The molecule has 0 saturated heterocycles. The molecular formula is C51H52N4. The van der Waals surface area contributed by atoms with Crippen LogP contribution in [0.4, 0.5) is 17.1 Å². The van der Waals surface area contributed by atoms with Crippen LogP contribution in [0.3, 0.4) is 0 Å². The zero-order valence-electron chi connectivity index (χ0n) is 34.0. The van der Waals surface area contributed by atoms with Gasteiger partial charge in [0.25, 0.3) is 0 Å². The van der Waals surface area contributed by atoms with Crippen LogP contribution < -0.4 is 4.90 Å². The van der Waals surface area contributed by atoms with E-state index in [4.69, 9.17) is 15.0 Å². The van der Waals surface area contributed by atoms with Gasteiger partial charge in [0.2, 0.25) is 0 Å². The van der Waals surface area contributed by atoms with E-state index < -0.39 is 0 Å². The quantitative estimate of drug-likeness (QED) is 0.164. The van der Waals surface area contributed by atoms with Crippen LogP contribution in [0.25, 0.3) is 44.8 Å². The summed E-state index contributed by atoms with van der Waals surface area (Å²) in [6.07, 6.45) is 5.92. The fraction of sp³-hybridized carbons (Fsp3) is 0.235. The number of pyridine rings is 3. The van der Waals surface area contributed by atoms with Crippen molar-refractivity contribution < 1.29 is 0 Å². The summed E-state index contributed by atoms with van der Waals surface area (Å²) in [6, 6.07) is 41.7. The molecule has 55 heavy (non-hydrogen) atoms. The Labute approximate surface area is 328 Å². The van der Waals surface area contributed by atoms with Crippen LogP contribution in [0.15, 0.2) is 134 Å². The molecule has 0 saturated carbocycles. The third kappa shape index (κ3) is 7.86. The number of hydrogen-bond acceptors (Lipinski definition) is 4. The lowest BCUT2D eigenvalue weighted by Gasteiger charge is -2.32. The minimum absolute atomic E-state index is 0.125. The van der Waals surface area contributed by atoms with E-state index in [0.29, 0.717) is 0 Å². The molecule has 4 nitrogen and oxygen atoms in total. The number of aryl methyl sites for hydroxylation is 4. The van der Waals surface area contributed by atoms with Crippen LogP contribution in [-0.4, -0.2) is 15.0 Å². The number of aromatic nitrogens is 3. The zero-order valence-corrected chi connectivity index (χ0v) is 34.0. The van der Waals surface area contributed by atoms with Crippen LogP contribution >= 0.6 is 0 Å². The first-order chi connectivity index (χ1) is 26.2. The summed E-state index contributed by atoms with van der Waals surface area (Å²) >= 11 is 0. The van der Waals surface area contributed by atoms with Crippen LogP contribution in [-0.2, 0) is 10.8 Å². The van der Waals surface area contributed by atoms with E-state index in [2.05, 4.69) is 189 Å². The second-order valence-corrected chi connectivity index (χ2v) is 16.9. The first-order valence-corrected chi connectivity index (χ1v) is 19.3. The van der Waals surface area contributed by atoms with Crippen molar-refractivity contribution >= 4 is 17.1 Å². The summed E-state index contributed by atoms with van der Waals surface area (Å²) in [5, 5.41) is 0. The number of anilines is 3. The highest BCUT2D eigenvalue weighted by Crippen LogP contribution is 2.44. The summed E-state index contributed by atoms with van der Waals surface area (Å²) in [5.74, 6) is 0. The van der Waals surface area contributed by atoms with E-state index in [1.807, 2.05) is 18.6 Å². The van der Waals surface area contributed by atoms with Gasteiger partial charge in [0.05, 0.1) is 22.8 Å². The van der Waals surface area contributed by atoms with E-state index in [9.17, 15) is 0 Å². The Morgan fingerprint density at radius 1 is 0.436 bits per heavy atom. The van der Waals surface area contributed by atoms with Gasteiger partial charge in [-0.15, -0.1) is 0 Å². The Hall–Kier alpha value is -5.87. The highest BCUT2D eigenvalue weighted by molar-refractivity contribution is 5.86. The Morgan fingerprint density at radius 3 is 1.27 bits per heavy atom. The van der Waals surface area contributed by atoms with Gasteiger partial charge in [0.1, 0.15) is 0 Å². The van der Waals surface area contributed by atoms with Crippen molar-refractivity contribution in [3.8, 4) is 44.8 Å². The SMILES string of the molecule is Cc1cnc(-c2cc(N(c3cc(-c4cc(-c5ccccc5)c(C)cn4)cc(C(C)(C)C)c3)c3c(C)ccnc3C)cc(C(C)(C)C)c2)cc1-c1ccccc1. The molecular weight excluding hydrogens is 669 g/mol. The first-order valence-electron chi connectivity index (χ1n) is 19.3. The molecule has 0 bridgehead atoms. The van der Waals surface area contributed by atoms with Crippen molar-refractivity contribution in [1.29, 1.82) is 0 Å². The van der Waals surface area contributed by atoms with Gasteiger partial charge in [-0.2, -0.15) is 0 Å². The minimum Gasteiger partial charge on any atom is -0.308 e. The fourth-order valence-electron chi connectivity index (χ4n) is 7.29.